The molecule has 0 rings (SSSR count). The number of nitrogens with one attached hydrogen (secondary N) is 2. The van der Waals surface area contributed by atoms with E-state index >= 15 is 0 Å². The Hall–Kier alpha value is -1.06. The van der Waals surface area contributed by atoms with E-state index in [4.69, 9.17) is 0 Å². The monoisotopic (exact) mass is 158 g/mol. The minimum absolute atomic E-state index is 0.0719. The van der Waals surface area contributed by atoms with Crippen LogP contribution in [-0.4, -0.2) is 25.4 Å². The summed E-state index contributed by atoms with van der Waals surface area (Å²) in [5, 5.41) is 5.13. The smallest absolute Gasteiger partial charge is 0.207 e. The molecule has 0 aliphatic carbocycles. The Labute approximate surface area is 66.4 Å². The second-order valence-corrected chi connectivity index (χ2v) is 2.30. The van der Waals surface area contributed by atoms with Crippen LogP contribution in [0.1, 0.15) is 19.8 Å². The maximum absolute atomic E-state index is 10.0. The molecule has 2 N–H and O–H groups in total. The molecule has 2 amide bonds. The molecule has 0 aromatic carbocycles. The van der Waals surface area contributed by atoms with Crippen LogP contribution in [0.5, 0.6) is 0 Å². The van der Waals surface area contributed by atoms with Crippen LogP contribution >= 0.6 is 0 Å². The molecule has 0 fully saturated rings. The molecule has 0 heterocycles. The molecule has 0 radical (unpaired) electrons. The first-order valence-corrected chi connectivity index (χ1v) is 3.71. The summed E-state index contributed by atoms with van der Waals surface area (Å²) in [4.78, 5) is 19.9. The predicted molar refractivity (Wildman–Crippen MR) is 42.0 cm³/mol. The third-order valence-electron chi connectivity index (χ3n) is 1.39. The van der Waals surface area contributed by atoms with E-state index in [2.05, 4.69) is 10.6 Å². The highest BCUT2D eigenvalue weighted by Gasteiger charge is 2.03. The van der Waals surface area contributed by atoms with Gasteiger partial charge in [0.05, 0.1) is 0 Å². The standard InChI is InChI=1S/C7H14N2O2/c1-2-3-7(9-6-11)4-8-5-10/h5-7H,2-4H2,1H3,(H,8,10)(H,9,11). The molecule has 0 aliphatic rings. The average molecular weight is 158 g/mol. The molecule has 0 aliphatic heterocycles. The highest BCUT2D eigenvalue weighted by Crippen LogP contribution is 1.93. The minimum atomic E-state index is 0.0719. The summed E-state index contributed by atoms with van der Waals surface area (Å²) in [5.41, 5.74) is 0. The summed E-state index contributed by atoms with van der Waals surface area (Å²) < 4.78 is 0. The Morgan fingerprint density at radius 2 is 2.09 bits per heavy atom. The Morgan fingerprint density at radius 1 is 1.36 bits per heavy atom. The third kappa shape index (κ3) is 5.39. The maximum Gasteiger partial charge on any atom is 0.207 e. The number of hydrogen-bond acceptors (Lipinski definition) is 2. The summed E-state index contributed by atoms with van der Waals surface area (Å²) in [6.45, 7) is 2.54. The van der Waals surface area contributed by atoms with E-state index in [-0.39, 0.29) is 6.04 Å². The van der Waals surface area contributed by atoms with Crippen LogP contribution in [0, 0.1) is 0 Å². The lowest BCUT2D eigenvalue weighted by Gasteiger charge is -2.13. The molecule has 1 unspecified atom stereocenters. The van der Waals surface area contributed by atoms with Crippen LogP contribution in [0.15, 0.2) is 0 Å². The van der Waals surface area contributed by atoms with Crippen molar-refractivity contribution in [2.75, 3.05) is 6.54 Å². The molecule has 4 heteroatoms. The first kappa shape index (κ1) is 9.94. The largest absolute Gasteiger partial charge is 0.357 e. The second kappa shape index (κ2) is 7.05. The number of amides is 2. The van der Waals surface area contributed by atoms with Crippen molar-refractivity contribution in [1.82, 2.24) is 10.6 Å². The lowest BCUT2D eigenvalue weighted by molar-refractivity contribution is -0.111. The van der Waals surface area contributed by atoms with Crippen LogP contribution in [0.2, 0.25) is 0 Å². The van der Waals surface area contributed by atoms with E-state index < -0.39 is 0 Å². The highest BCUT2D eigenvalue weighted by atomic mass is 16.1. The van der Waals surface area contributed by atoms with Crippen molar-refractivity contribution >= 4 is 12.8 Å². The summed E-state index contributed by atoms with van der Waals surface area (Å²) >= 11 is 0. The molecule has 11 heavy (non-hydrogen) atoms. The SMILES string of the molecule is CCCC(CNC=O)NC=O. The van der Waals surface area contributed by atoms with Gasteiger partial charge in [0.2, 0.25) is 12.8 Å². The zero-order valence-electron chi connectivity index (χ0n) is 6.67. The van der Waals surface area contributed by atoms with Crippen LogP contribution in [0.3, 0.4) is 0 Å². The predicted octanol–water partition coefficient (Wildman–Crippen LogP) is -0.353. The third-order valence-corrected chi connectivity index (χ3v) is 1.39. The molecule has 0 bridgehead atoms. The van der Waals surface area contributed by atoms with Crippen molar-refractivity contribution < 1.29 is 9.59 Å². The molecule has 0 aromatic heterocycles. The van der Waals surface area contributed by atoms with Gasteiger partial charge in [-0.05, 0) is 6.42 Å². The van der Waals surface area contributed by atoms with E-state index in [9.17, 15) is 9.59 Å². The van der Waals surface area contributed by atoms with Gasteiger partial charge < -0.3 is 10.6 Å². The number of rotatable bonds is 7. The van der Waals surface area contributed by atoms with Gasteiger partial charge in [-0.15, -0.1) is 0 Å². The van der Waals surface area contributed by atoms with Crippen LogP contribution in [-0.2, 0) is 9.59 Å². The first-order valence-electron chi connectivity index (χ1n) is 3.71. The topological polar surface area (TPSA) is 58.2 Å². The van der Waals surface area contributed by atoms with E-state index in [1.807, 2.05) is 6.92 Å². The number of hydrogen-bond donors (Lipinski definition) is 2. The van der Waals surface area contributed by atoms with Crippen molar-refractivity contribution in [3.05, 3.63) is 0 Å². The van der Waals surface area contributed by atoms with Crippen molar-refractivity contribution in [2.45, 2.75) is 25.8 Å². The van der Waals surface area contributed by atoms with Gasteiger partial charge in [0, 0.05) is 12.6 Å². The maximum atomic E-state index is 10.0. The fourth-order valence-corrected chi connectivity index (χ4v) is 0.879. The zero-order chi connectivity index (χ0) is 8.53. The Morgan fingerprint density at radius 3 is 2.55 bits per heavy atom. The first-order chi connectivity index (χ1) is 5.35. The lowest BCUT2D eigenvalue weighted by atomic mass is 10.2. The highest BCUT2D eigenvalue weighted by molar-refractivity contribution is 5.48. The summed E-state index contributed by atoms with van der Waals surface area (Å²) in [5.74, 6) is 0. The molecular weight excluding hydrogens is 144 g/mol. The van der Waals surface area contributed by atoms with Gasteiger partial charge in [0.1, 0.15) is 0 Å². The molecule has 64 valence electrons. The van der Waals surface area contributed by atoms with Crippen molar-refractivity contribution in [1.29, 1.82) is 0 Å². The summed E-state index contributed by atoms with van der Waals surface area (Å²) in [6, 6.07) is 0.0719. The van der Waals surface area contributed by atoms with Gasteiger partial charge in [-0.25, -0.2) is 0 Å². The average Bonchev–Trinajstić information content (AvgIpc) is 2.01. The van der Waals surface area contributed by atoms with Crippen molar-refractivity contribution in [2.24, 2.45) is 0 Å². The fourth-order valence-electron chi connectivity index (χ4n) is 0.879. The summed E-state index contributed by atoms with van der Waals surface area (Å²) in [6.07, 6.45) is 3.17. The van der Waals surface area contributed by atoms with Gasteiger partial charge in [-0.1, -0.05) is 13.3 Å². The number of carbonyl (C=O) groups excluding carboxylic acids is 2. The molecule has 4 nitrogen and oxygen atoms in total. The molecule has 0 spiro atoms. The molecule has 1 atom stereocenters. The molecule has 0 saturated heterocycles. The van der Waals surface area contributed by atoms with Crippen LogP contribution < -0.4 is 10.6 Å². The van der Waals surface area contributed by atoms with E-state index in [1.165, 1.54) is 0 Å². The Kier molecular flexibility index (Phi) is 6.37. The van der Waals surface area contributed by atoms with Gasteiger partial charge in [0.15, 0.2) is 0 Å². The lowest BCUT2D eigenvalue weighted by Crippen LogP contribution is -2.37. The molecular formula is C7H14N2O2. The molecule has 0 aromatic rings. The number of carbonyl (C=O) groups is 2. The van der Waals surface area contributed by atoms with Crippen molar-refractivity contribution in [3.63, 3.8) is 0 Å². The second-order valence-electron chi connectivity index (χ2n) is 2.30. The minimum Gasteiger partial charge on any atom is -0.357 e. The summed E-state index contributed by atoms with van der Waals surface area (Å²) in [7, 11) is 0. The Balaban J connectivity index is 3.49. The van der Waals surface area contributed by atoms with Gasteiger partial charge in [-0.3, -0.25) is 9.59 Å². The van der Waals surface area contributed by atoms with Crippen molar-refractivity contribution in [3.8, 4) is 0 Å². The Bertz CT molecular complexity index is 117. The van der Waals surface area contributed by atoms with Crippen LogP contribution in [0.4, 0.5) is 0 Å². The van der Waals surface area contributed by atoms with E-state index in [0.717, 1.165) is 12.8 Å². The van der Waals surface area contributed by atoms with E-state index in [1.54, 1.807) is 0 Å². The molecule has 0 saturated carbocycles. The van der Waals surface area contributed by atoms with Crippen LogP contribution in [0.25, 0.3) is 0 Å². The van der Waals surface area contributed by atoms with Gasteiger partial charge in [0.25, 0.3) is 0 Å². The quantitative estimate of drug-likeness (QED) is 0.497. The normalized spacial score (nSPS) is 11.7. The fraction of sp³-hybridized carbons (Fsp3) is 0.714. The van der Waals surface area contributed by atoms with E-state index in [0.29, 0.717) is 19.4 Å². The van der Waals surface area contributed by atoms with Gasteiger partial charge >= 0.3 is 0 Å². The zero-order valence-corrected chi connectivity index (χ0v) is 6.67. The van der Waals surface area contributed by atoms with Gasteiger partial charge in [-0.2, -0.15) is 0 Å².